The zero-order valence-electron chi connectivity index (χ0n) is 8.83. The molecule has 0 unspecified atom stereocenters. The summed E-state index contributed by atoms with van der Waals surface area (Å²) in [5.74, 6) is -0.176. The van der Waals surface area contributed by atoms with Crippen molar-refractivity contribution >= 4 is 11.6 Å². The highest BCUT2D eigenvalue weighted by atomic mass is 19.1. The SMILES string of the molecule is CC(C)/C=C/C(=O)Nc1ccc(F)cc1. The Balaban J connectivity index is 2.55. The summed E-state index contributed by atoms with van der Waals surface area (Å²) in [6, 6.07) is 5.66. The van der Waals surface area contributed by atoms with E-state index >= 15 is 0 Å². The van der Waals surface area contributed by atoms with Gasteiger partial charge in [-0.3, -0.25) is 4.79 Å². The molecule has 1 N–H and O–H groups in total. The van der Waals surface area contributed by atoms with Crippen molar-refractivity contribution in [3.63, 3.8) is 0 Å². The molecule has 0 aliphatic rings. The minimum atomic E-state index is -0.314. The molecule has 0 fully saturated rings. The van der Waals surface area contributed by atoms with E-state index in [2.05, 4.69) is 5.32 Å². The molecule has 0 spiro atoms. The van der Waals surface area contributed by atoms with Crippen LogP contribution in [0.1, 0.15) is 13.8 Å². The Bertz CT molecular complexity index is 354. The number of nitrogens with one attached hydrogen (secondary N) is 1. The van der Waals surface area contributed by atoms with Crippen molar-refractivity contribution in [2.75, 3.05) is 5.32 Å². The number of rotatable bonds is 3. The maximum absolute atomic E-state index is 12.6. The molecule has 1 aromatic rings. The fourth-order valence-corrected chi connectivity index (χ4v) is 0.997. The molecule has 0 saturated carbocycles. The maximum atomic E-state index is 12.6. The average Bonchev–Trinajstić information content (AvgIpc) is 2.19. The van der Waals surface area contributed by atoms with Crippen LogP contribution in [0.4, 0.5) is 10.1 Å². The molecule has 0 heterocycles. The number of hydrogen-bond acceptors (Lipinski definition) is 1. The van der Waals surface area contributed by atoms with Gasteiger partial charge in [0.2, 0.25) is 5.91 Å². The number of halogens is 1. The van der Waals surface area contributed by atoms with E-state index in [4.69, 9.17) is 0 Å². The van der Waals surface area contributed by atoms with E-state index in [1.165, 1.54) is 30.3 Å². The number of hydrogen-bond donors (Lipinski definition) is 1. The zero-order valence-corrected chi connectivity index (χ0v) is 8.83. The highest BCUT2D eigenvalue weighted by Gasteiger charge is 1.97. The fourth-order valence-electron chi connectivity index (χ4n) is 0.997. The van der Waals surface area contributed by atoms with Crippen molar-refractivity contribution < 1.29 is 9.18 Å². The van der Waals surface area contributed by atoms with Gasteiger partial charge in [0.05, 0.1) is 0 Å². The Kier molecular flexibility index (Phi) is 4.03. The van der Waals surface area contributed by atoms with Crippen LogP contribution in [-0.2, 0) is 4.79 Å². The topological polar surface area (TPSA) is 29.1 Å². The van der Waals surface area contributed by atoms with Gasteiger partial charge in [0.25, 0.3) is 0 Å². The first kappa shape index (κ1) is 11.4. The Labute approximate surface area is 88.8 Å². The Morgan fingerprint density at radius 1 is 1.33 bits per heavy atom. The van der Waals surface area contributed by atoms with E-state index in [0.717, 1.165) is 0 Å². The summed E-state index contributed by atoms with van der Waals surface area (Å²) in [4.78, 5) is 11.3. The molecule has 0 aromatic heterocycles. The molecule has 3 heteroatoms. The molecule has 1 rings (SSSR count). The first-order valence-corrected chi connectivity index (χ1v) is 4.82. The van der Waals surface area contributed by atoms with Gasteiger partial charge < -0.3 is 5.32 Å². The van der Waals surface area contributed by atoms with Crippen molar-refractivity contribution in [2.24, 2.45) is 5.92 Å². The molecule has 1 amide bonds. The van der Waals surface area contributed by atoms with Gasteiger partial charge >= 0.3 is 0 Å². The summed E-state index contributed by atoms with van der Waals surface area (Å²) in [6.45, 7) is 3.98. The van der Waals surface area contributed by atoms with Crippen LogP contribution in [-0.4, -0.2) is 5.91 Å². The smallest absolute Gasteiger partial charge is 0.248 e. The van der Waals surface area contributed by atoms with Crippen molar-refractivity contribution in [2.45, 2.75) is 13.8 Å². The summed E-state index contributed by atoms with van der Waals surface area (Å²) in [6.07, 6.45) is 3.28. The summed E-state index contributed by atoms with van der Waals surface area (Å²) >= 11 is 0. The van der Waals surface area contributed by atoms with E-state index in [1.807, 2.05) is 13.8 Å². The predicted molar refractivity (Wildman–Crippen MR) is 59.0 cm³/mol. The highest BCUT2D eigenvalue weighted by Crippen LogP contribution is 2.08. The van der Waals surface area contributed by atoms with Crippen molar-refractivity contribution in [1.82, 2.24) is 0 Å². The van der Waals surface area contributed by atoms with Gasteiger partial charge in [-0.05, 0) is 36.3 Å². The van der Waals surface area contributed by atoms with Gasteiger partial charge in [-0.2, -0.15) is 0 Å². The minimum Gasteiger partial charge on any atom is -0.323 e. The summed E-state index contributed by atoms with van der Waals surface area (Å²) < 4.78 is 12.6. The quantitative estimate of drug-likeness (QED) is 0.758. The average molecular weight is 207 g/mol. The van der Waals surface area contributed by atoms with Crippen LogP contribution < -0.4 is 5.32 Å². The second-order valence-electron chi connectivity index (χ2n) is 3.60. The summed E-state index contributed by atoms with van der Waals surface area (Å²) in [7, 11) is 0. The molecule has 15 heavy (non-hydrogen) atoms. The van der Waals surface area contributed by atoms with Crippen molar-refractivity contribution in [3.05, 3.63) is 42.2 Å². The van der Waals surface area contributed by atoms with Gasteiger partial charge in [-0.25, -0.2) is 4.39 Å². The van der Waals surface area contributed by atoms with Gasteiger partial charge in [0, 0.05) is 5.69 Å². The fraction of sp³-hybridized carbons (Fsp3) is 0.250. The van der Waals surface area contributed by atoms with Crippen molar-refractivity contribution in [1.29, 1.82) is 0 Å². The molecular weight excluding hydrogens is 193 g/mol. The Morgan fingerprint density at radius 2 is 1.93 bits per heavy atom. The monoisotopic (exact) mass is 207 g/mol. The molecule has 0 bridgehead atoms. The van der Waals surface area contributed by atoms with Crippen LogP contribution in [0.5, 0.6) is 0 Å². The van der Waals surface area contributed by atoms with Crippen LogP contribution >= 0.6 is 0 Å². The highest BCUT2D eigenvalue weighted by molar-refractivity contribution is 5.99. The third-order valence-electron chi connectivity index (χ3n) is 1.74. The third kappa shape index (κ3) is 4.40. The molecule has 0 aliphatic carbocycles. The molecule has 0 radical (unpaired) electrons. The molecule has 2 nitrogen and oxygen atoms in total. The zero-order chi connectivity index (χ0) is 11.3. The van der Waals surface area contributed by atoms with Crippen LogP contribution in [0.3, 0.4) is 0 Å². The standard InChI is InChI=1S/C12H14FNO/c1-9(2)3-8-12(15)14-11-6-4-10(13)5-7-11/h3-9H,1-2H3,(H,14,15)/b8-3+. The number of anilines is 1. The maximum Gasteiger partial charge on any atom is 0.248 e. The van der Waals surface area contributed by atoms with E-state index in [1.54, 1.807) is 6.08 Å². The first-order valence-electron chi connectivity index (χ1n) is 4.82. The second-order valence-corrected chi connectivity index (χ2v) is 3.60. The minimum absolute atomic E-state index is 0.199. The lowest BCUT2D eigenvalue weighted by atomic mass is 10.2. The number of benzene rings is 1. The van der Waals surface area contributed by atoms with Gasteiger partial charge in [-0.15, -0.1) is 0 Å². The van der Waals surface area contributed by atoms with Crippen LogP contribution in [0, 0.1) is 11.7 Å². The van der Waals surface area contributed by atoms with E-state index < -0.39 is 0 Å². The lowest BCUT2D eigenvalue weighted by Crippen LogP contribution is -2.08. The number of carbonyl (C=O) groups is 1. The summed E-state index contributed by atoms with van der Waals surface area (Å²) in [5.41, 5.74) is 0.592. The van der Waals surface area contributed by atoms with E-state index in [9.17, 15) is 9.18 Å². The molecule has 0 atom stereocenters. The lowest BCUT2D eigenvalue weighted by Gasteiger charge is -2.01. The largest absolute Gasteiger partial charge is 0.323 e. The van der Waals surface area contributed by atoms with Gasteiger partial charge in [0.1, 0.15) is 5.82 Å². The number of amides is 1. The normalized spacial score (nSPS) is 10.9. The Hall–Kier alpha value is -1.64. The third-order valence-corrected chi connectivity index (χ3v) is 1.74. The van der Waals surface area contributed by atoms with E-state index in [-0.39, 0.29) is 11.7 Å². The van der Waals surface area contributed by atoms with Crippen molar-refractivity contribution in [3.8, 4) is 0 Å². The molecular formula is C12H14FNO. The van der Waals surface area contributed by atoms with Gasteiger partial charge in [-0.1, -0.05) is 19.9 Å². The van der Waals surface area contributed by atoms with Crippen LogP contribution in [0.25, 0.3) is 0 Å². The molecule has 0 aliphatic heterocycles. The molecule has 1 aromatic carbocycles. The van der Waals surface area contributed by atoms with E-state index in [0.29, 0.717) is 11.6 Å². The number of allylic oxidation sites excluding steroid dienone is 1. The number of carbonyl (C=O) groups excluding carboxylic acids is 1. The summed E-state index contributed by atoms with van der Waals surface area (Å²) in [5, 5.41) is 2.63. The van der Waals surface area contributed by atoms with Crippen LogP contribution in [0.2, 0.25) is 0 Å². The van der Waals surface area contributed by atoms with Gasteiger partial charge in [0.15, 0.2) is 0 Å². The predicted octanol–water partition coefficient (Wildman–Crippen LogP) is 2.98. The lowest BCUT2D eigenvalue weighted by molar-refractivity contribution is -0.111. The Morgan fingerprint density at radius 3 is 2.47 bits per heavy atom. The van der Waals surface area contributed by atoms with Crippen LogP contribution in [0.15, 0.2) is 36.4 Å². The molecule has 0 saturated heterocycles. The first-order chi connectivity index (χ1) is 7.08. The molecule has 80 valence electrons. The second kappa shape index (κ2) is 5.29.